The Morgan fingerprint density at radius 3 is 2.62 bits per heavy atom. The van der Waals surface area contributed by atoms with E-state index in [0.717, 1.165) is 24.1 Å². The van der Waals surface area contributed by atoms with Crippen molar-refractivity contribution >= 4 is 5.91 Å². The highest BCUT2D eigenvalue weighted by Crippen LogP contribution is 2.13. The number of carbonyl (C=O) groups is 1. The lowest BCUT2D eigenvalue weighted by molar-refractivity contribution is 0.0684. The van der Waals surface area contributed by atoms with Crippen LogP contribution in [0, 0.1) is 0 Å². The zero-order valence-corrected chi connectivity index (χ0v) is 13.0. The molecule has 1 aromatic heterocycles. The largest absolute Gasteiger partial charge is 0.331 e. The summed E-state index contributed by atoms with van der Waals surface area (Å²) in [6.45, 7) is 6.77. The van der Waals surface area contributed by atoms with Crippen LogP contribution in [0.15, 0.2) is 36.4 Å². The van der Waals surface area contributed by atoms with Gasteiger partial charge in [-0.05, 0) is 31.9 Å². The molecule has 0 aliphatic heterocycles. The molecular formula is C17H23N3O. The van der Waals surface area contributed by atoms with Crippen molar-refractivity contribution < 1.29 is 4.79 Å². The molecule has 1 amide bonds. The Labute approximate surface area is 126 Å². The van der Waals surface area contributed by atoms with Gasteiger partial charge in [-0.2, -0.15) is 5.10 Å². The minimum absolute atomic E-state index is 0.0209. The molecule has 2 aromatic rings. The van der Waals surface area contributed by atoms with Crippen LogP contribution >= 0.6 is 0 Å². The van der Waals surface area contributed by atoms with Crippen LogP contribution < -0.4 is 0 Å². The number of hydrogen-bond acceptors (Lipinski definition) is 2. The Bertz CT molecular complexity index is 575. The summed E-state index contributed by atoms with van der Waals surface area (Å²) in [5.74, 6) is -0.0209. The number of rotatable bonds is 6. The van der Waals surface area contributed by atoms with E-state index in [4.69, 9.17) is 0 Å². The van der Waals surface area contributed by atoms with Gasteiger partial charge in [-0.15, -0.1) is 0 Å². The van der Waals surface area contributed by atoms with Crippen molar-refractivity contribution in [3.8, 4) is 0 Å². The Morgan fingerprint density at radius 1 is 1.29 bits per heavy atom. The number of aromatic nitrogens is 2. The van der Waals surface area contributed by atoms with E-state index in [1.807, 2.05) is 55.1 Å². The van der Waals surface area contributed by atoms with Gasteiger partial charge in [0.15, 0.2) is 0 Å². The van der Waals surface area contributed by atoms with Gasteiger partial charge in [0.05, 0.1) is 0 Å². The van der Waals surface area contributed by atoms with Gasteiger partial charge < -0.3 is 4.90 Å². The third-order valence-corrected chi connectivity index (χ3v) is 3.45. The lowest BCUT2D eigenvalue weighted by Gasteiger charge is -2.26. The first-order chi connectivity index (χ1) is 10.1. The number of aryl methyl sites for hydroxylation is 1. The molecule has 4 nitrogen and oxygen atoms in total. The zero-order valence-electron chi connectivity index (χ0n) is 13.0. The molecule has 0 aliphatic rings. The maximum atomic E-state index is 12.7. The van der Waals surface area contributed by atoms with Crippen LogP contribution in [0.1, 0.15) is 48.9 Å². The molecule has 0 radical (unpaired) electrons. The molecule has 0 saturated carbocycles. The fourth-order valence-corrected chi connectivity index (χ4v) is 2.28. The monoisotopic (exact) mass is 285 g/mol. The molecule has 0 fully saturated rings. The summed E-state index contributed by atoms with van der Waals surface area (Å²) in [5, 5.41) is 7.11. The number of H-pyrrole nitrogens is 1. The first-order valence-electron chi connectivity index (χ1n) is 7.51. The van der Waals surface area contributed by atoms with Gasteiger partial charge >= 0.3 is 0 Å². The second-order valence-corrected chi connectivity index (χ2v) is 5.54. The van der Waals surface area contributed by atoms with Gasteiger partial charge in [0.25, 0.3) is 5.91 Å². The normalized spacial score (nSPS) is 10.9. The summed E-state index contributed by atoms with van der Waals surface area (Å²) in [4.78, 5) is 14.5. The molecule has 1 aromatic carbocycles. The van der Waals surface area contributed by atoms with E-state index in [1.54, 1.807) is 0 Å². The fraction of sp³-hybridized carbons (Fsp3) is 0.412. The summed E-state index contributed by atoms with van der Waals surface area (Å²) in [6, 6.07) is 12.0. The van der Waals surface area contributed by atoms with E-state index in [2.05, 4.69) is 17.1 Å². The molecule has 2 rings (SSSR count). The van der Waals surface area contributed by atoms with Crippen molar-refractivity contribution in [3.63, 3.8) is 0 Å². The van der Waals surface area contributed by atoms with Crippen LogP contribution in [-0.2, 0) is 13.0 Å². The van der Waals surface area contributed by atoms with Gasteiger partial charge in [-0.1, -0.05) is 43.7 Å². The standard InChI is InChI=1S/C17H23N3O/c1-4-8-15-11-16(19-18-15)17(21)20(13(2)3)12-14-9-6-5-7-10-14/h5-7,9-11,13H,4,8,12H2,1-3H3,(H,18,19). The van der Waals surface area contributed by atoms with Gasteiger partial charge in [0.1, 0.15) is 5.69 Å². The van der Waals surface area contributed by atoms with Crippen molar-refractivity contribution in [3.05, 3.63) is 53.3 Å². The quantitative estimate of drug-likeness (QED) is 0.884. The van der Waals surface area contributed by atoms with Crippen LogP contribution in [0.3, 0.4) is 0 Å². The molecule has 21 heavy (non-hydrogen) atoms. The highest BCUT2D eigenvalue weighted by atomic mass is 16.2. The Morgan fingerprint density at radius 2 is 2.00 bits per heavy atom. The molecule has 0 atom stereocenters. The molecule has 0 saturated heterocycles. The number of aromatic amines is 1. The minimum Gasteiger partial charge on any atom is -0.331 e. The molecule has 0 spiro atoms. The first-order valence-corrected chi connectivity index (χ1v) is 7.51. The molecule has 1 N–H and O–H groups in total. The topological polar surface area (TPSA) is 49.0 Å². The van der Waals surface area contributed by atoms with Crippen molar-refractivity contribution in [1.82, 2.24) is 15.1 Å². The fourth-order valence-electron chi connectivity index (χ4n) is 2.28. The molecular weight excluding hydrogens is 262 g/mol. The Kier molecular flexibility index (Phi) is 5.14. The van der Waals surface area contributed by atoms with Gasteiger partial charge in [0, 0.05) is 18.3 Å². The van der Waals surface area contributed by atoms with Crippen molar-refractivity contribution in [2.24, 2.45) is 0 Å². The highest BCUT2D eigenvalue weighted by Gasteiger charge is 2.21. The third kappa shape index (κ3) is 3.94. The number of nitrogens with zero attached hydrogens (tertiary/aromatic N) is 2. The van der Waals surface area contributed by atoms with Gasteiger partial charge in [-0.25, -0.2) is 0 Å². The summed E-state index contributed by atoms with van der Waals surface area (Å²) >= 11 is 0. The maximum absolute atomic E-state index is 12.7. The average Bonchev–Trinajstić information content (AvgIpc) is 2.94. The van der Waals surface area contributed by atoms with E-state index < -0.39 is 0 Å². The summed E-state index contributed by atoms with van der Waals surface area (Å²) in [6.07, 6.45) is 1.95. The van der Waals surface area contributed by atoms with E-state index in [9.17, 15) is 4.79 Å². The summed E-state index contributed by atoms with van der Waals surface area (Å²) < 4.78 is 0. The second kappa shape index (κ2) is 7.07. The summed E-state index contributed by atoms with van der Waals surface area (Å²) in [7, 11) is 0. The third-order valence-electron chi connectivity index (χ3n) is 3.45. The van der Waals surface area contributed by atoms with Crippen LogP contribution in [-0.4, -0.2) is 27.0 Å². The van der Waals surface area contributed by atoms with Crippen LogP contribution in [0.4, 0.5) is 0 Å². The molecule has 0 unspecified atom stereocenters. The van der Waals surface area contributed by atoms with E-state index in [1.165, 1.54) is 0 Å². The van der Waals surface area contributed by atoms with E-state index in [0.29, 0.717) is 12.2 Å². The van der Waals surface area contributed by atoms with Crippen LogP contribution in [0.2, 0.25) is 0 Å². The highest BCUT2D eigenvalue weighted by molar-refractivity contribution is 5.92. The average molecular weight is 285 g/mol. The van der Waals surface area contributed by atoms with Gasteiger partial charge in [0.2, 0.25) is 0 Å². The zero-order chi connectivity index (χ0) is 15.2. The Hall–Kier alpha value is -2.10. The van der Waals surface area contributed by atoms with Gasteiger partial charge in [-0.3, -0.25) is 9.89 Å². The second-order valence-electron chi connectivity index (χ2n) is 5.54. The molecule has 112 valence electrons. The smallest absolute Gasteiger partial charge is 0.274 e. The number of nitrogens with one attached hydrogen (secondary N) is 1. The number of benzene rings is 1. The van der Waals surface area contributed by atoms with E-state index in [-0.39, 0.29) is 11.9 Å². The van der Waals surface area contributed by atoms with E-state index >= 15 is 0 Å². The van der Waals surface area contributed by atoms with Crippen LogP contribution in [0.25, 0.3) is 0 Å². The molecule has 0 bridgehead atoms. The maximum Gasteiger partial charge on any atom is 0.274 e. The van der Waals surface area contributed by atoms with Crippen molar-refractivity contribution in [2.75, 3.05) is 0 Å². The van der Waals surface area contributed by atoms with Crippen molar-refractivity contribution in [2.45, 2.75) is 46.2 Å². The number of amides is 1. The molecule has 4 heteroatoms. The SMILES string of the molecule is CCCc1cc(C(=O)N(Cc2ccccc2)C(C)C)n[nH]1. The number of carbonyl (C=O) groups excluding carboxylic acids is 1. The molecule has 1 heterocycles. The number of hydrogen-bond donors (Lipinski definition) is 1. The lowest BCUT2D eigenvalue weighted by Crippen LogP contribution is -2.36. The summed E-state index contributed by atoms with van der Waals surface area (Å²) in [5.41, 5.74) is 2.65. The predicted molar refractivity (Wildman–Crippen MR) is 84.0 cm³/mol. The van der Waals surface area contributed by atoms with Crippen LogP contribution in [0.5, 0.6) is 0 Å². The first kappa shape index (κ1) is 15.3. The minimum atomic E-state index is -0.0209. The Balaban J connectivity index is 2.15. The lowest BCUT2D eigenvalue weighted by atomic mass is 10.1. The molecule has 0 aliphatic carbocycles. The van der Waals surface area contributed by atoms with Crippen molar-refractivity contribution in [1.29, 1.82) is 0 Å². The predicted octanol–water partition coefficient (Wildman–Crippen LogP) is 3.41.